The van der Waals surface area contributed by atoms with Gasteiger partial charge in [-0.05, 0) is 44.9 Å². The fourth-order valence-corrected chi connectivity index (χ4v) is 2.40. The number of rotatable bonds is 6. The Kier molecular flexibility index (Phi) is 4.72. The maximum atomic E-state index is 12.2. The summed E-state index contributed by atoms with van der Waals surface area (Å²) in [7, 11) is 0. The molecule has 0 saturated heterocycles. The molecule has 1 N–H and O–H groups in total. The largest absolute Gasteiger partial charge is 0.444 e. The van der Waals surface area contributed by atoms with E-state index in [1.807, 2.05) is 0 Å². The third-order valence-electron chi connectivity index (χ3n) is 3.47. The first-order valence-electron chi connectivity index (χ1n) is 9.63. The van der Waals surface area contributed by atoms with E-state index >= 15 is 0 Å². The zero-order valence-electron chi connectivity index (χ0n) is 18.3. The molecule has 9 nitrogen and oxygen atoms in total. The van der Waals surface area contributed by atoms with E-state index in [1.165, 1.54) is 12.3 Å². The minimum absolute atomic E-state index is 0.0351. The average molecular weight is 376 g/mol. The Hall–Kier alpha value is -3.23. The van der Waals surface area contributed by atoms with Crippen LogP contribution in [0, 0.1) is 10.1 Å². The number of ether oxygens (including phenoxy) is 1. The minimum atomic E-state index is -2.74. The standard InChI is InChI=1S/C18H23N5O4/c1-6-7-13(21-17(24)27-18(2,3)4)12-8-9-19-14(10-12)16-15(23(25)26)11-20-22(16)5/h6,8-11,13H,1,7H2,2-5H3,(H,21,24)/t13-/m0/s1/i5D3. The van der Waals surface area contributed by atoms with Gasteiger partial charge in [0.05, 0.1) is 16.7 Å². The Balaban J connectivity index is 2.48. The van der Waals surface area contributed by atoms with E-state index in [0.717, 1.165) is 6.20 Å². The first kappa shape index (κ1) is 16.0. The van der Waals surface area contributed by atoms with Crippen molar-refractivity contribution < 1.29 is 18.6 Å². The second kappa shape index (κ2) is 7.98. The van der Waals surface area contributed by atoms with Gasteiger partial charge in [0, 0.05) is 17.3 Å². The Morgan fingerprint density at radius 1 is 1.59 bits per heavy atom. The third-order valence-corrected chi connectivity index (χ3v) is 3.47. The van der Waals surface area contributed by atoms with Crippen molar-refractivity contribution in [3.63, 3.8) is 0 Å². The molecule has 0 unspecified atom stereocenters. The number of nitro groups is 1. The number of aromatic nitrogens is 3. The molecule has 0 aromatic carbocycles. The van der Waals surface area contributed by atoms with Crippen molar-refractivity contribution >= 4 is 11.8 Å². The topological polar surface area (TPSA) is 112 Å². The third kappa shape index (κ3) is 5.13. The molecule has 9 heteroatoms. The highest BCUT2D eigenvalue weighted by atomic mass is 16.6. The van der Waals surface area contributed by atoms with Crippen molar-refractivity contribution in [2.75, 3.05) is 0 Å². The van der Waals surface area contributed by atoms with Crippen LogP contribution in [-0.4, -0.2) is 31.4 Å². The second-order valence-electron chi connectivity index (χ2n) is 6.74. The van der Waals surface area contributed by atoms with Crippen LogP contribution in [0.2, 0.25) is 0 Å². The summed E-state index contributed by atoms with van der Waals surface area (Å²) in [6.07, 6.45) is 3.53. The molecule has 27 heavy (non-hydrogen) atoms. The Labute approximate surface area is 161 Å². The number of nitrogens with zero attached hydrogens (tertiary/aromatic N) is 4. The van der Waals surface area contributed by atoms with Gasteiger partial charge in [0.1, 0.15) is 11.8 Å². The summed E-state index contributed by atoms with van der Waals surface area (Å²) in [5.74, 6) is 0. The molecular formula is C18H23N5O4. The summed E-state index contributed by atoms with van der Waals surface area (Å²) in [6.45, 7) is 6.13. The Bertz CT molecular complexity index is 950. The fourth-order valence-electron chi connectivity index (χ4n) is 2.40. The number of hydrogen-bond donors (Lipinski definition) is 1. The predicted octanol–water partition coefficient (Wildman–Crippen LogP) is 3.53. The number of carbonyl (C=O) groups is 1. The molecule has 0 aliphatic rings. The predicted molar refractivity (Wildman–Crippen MR) is 100 cm³/mol. The zero-order chi connectivity index (χ0) is 22.7. The normalized spacial score (nSPS) is 14.4. The van der Waals surface area contributed by atoms with Crippen LogP contribution in [0.3, 0.4) is 0 Å². The highest BCUT2D eigenvalue weighted by Crippen LogP contribution is 2.29. The van der Waals surface area contributed by atoms with Crippen molar-refractivity contribution in [1.82, 2.24) is 20.1 Å². The number of pyridine rings is 1. The maximum Gasteiger partial charge on any atom is 0.408 e. The van der Waals surface area contributed by atoms with Crippen molar-refractivity contribution in [1.29, 1.82) is 0 Å². The molecule has 1 atom stereocenters. The van der Waals surface area contributed by atoms with Gasteiger partial charge in [0.25, 0.3) is 0 Å². The van der Waals surface area contributed by atoms with Crippen LogP contribution in [0.15, 0.2) is 37.2 Å². The van der Waals surface area contributed by atoms with Crippen molar-refractivity contribution in [3.05, 3.63) is 52.9 Å². The molecule has 0 bridgehead atoms. The van der Waals surface area contributed by atoms with Crippen LogP contribution >= 0.6 is 0 Å². The fraction of sp³-hybridized carbons (Fsp3) is 0.389. The highest BCUT2D eigenvalue weighted by molar-refractivity contribution is 5.69. The summed E-state index contributed by atoms with van der Waals surface area (Å²) in [5.41, 5.74) is -0.863. The number of aryl methyl sites for hydroxylation is 1. The minimum Gasteiger partial charge on any atom is -0.444 e. The van der Waals surface area contributed by atoms with Gasteiger partial charge in [-0.15, -0.1) is 6.58 Å². The number of hydrogen-bond acceptors (Lipinski definition) is 6. The van der Waals surface area contributed by atoms with Crippen molar-refractivity contribution in [2.45, 2.75) is 38.8 Å². The lowest BCUT2D eigenvalue weighted by Gasteiger charge is -2.23. The van der Waals surface area contributed by atoms with Crippen LogP contribution in [0.1, 0.15) is 42.9 Å². The van der Waals surface area contributed by atoms with Gasteiger partial charge in [-0.25, -0.2) is 4.79 Å². The monoisotopic (exact) mass is 376 g/mol. The van der Waals surface area contributed by atoms with Gasteiger partial charge in [-0.1, -0.05) is 6.08 Å². The lowest BCUT2D eigenvalue weighted by Crippen LogP contribution is -2.34. The van der Waals surface area contributed by atoms with Gasteiger partial charge < -0.3 is 10.1 Å². The molecule has 0 aliphatic carbocycles. The van der Waals surface area contributed by atoms with Gasteiger partial charge in [0.15, 0.2) is 5.69 Å². The summed E-state index contributed by atoms with van der Waals surface area (Å²) < 4.78 is 28.6. The smallest absolute Gasteiger partial charge is 0.408 e. The molecule has 2 heterocycles. The van der Waals surface area contributed by atoms with E-state index in [1.54, 1.807) is 32.9 Å². The maximum absolute atomic E-state index is 12.2. The van der Waals surface area contributed by atoms with Crippen LogP contribution in [0.5, 0.6) is 0 Å². The molecule has 0 spiro atoms. The van der Waals surface area contributed by atoms with Gasteiger partial charge in [-0.2, -0.15) is 5.10 Å². The number of carbonyl (C=O) groups excluding carboxylic acids is 1. The van der Waals surface area contributed by atoms with E-state index in [2.05, 4.69) is 22.0 Å². The van der Waals surface area contributed by atoms with Crippen molar-refractivity contribution in [3.8, 4) is 11.4 Å². The summed E-state index contributed by atoms with van der Waals surface area (Å²) in [4.78, 5) is 27.0. The SMILES string of the molecule is [2H]C([2H])([2H])n1ncc([N+](=O)[O-])c1-c1cc([C@H](CC=C)NC(=O)OC(C)(C)C)ccn1. The zero-order valence-corrected chi connectivity index (χ0v) is 15.3. The molecule has 0 saturated carbocycles. The highest BCUT2D eigenvalue weighted by Gasteiger charge is 2.24. The first-order valence-corrected chi connectivity index (χ1v) is 8.13. The molecule has 144 valence electrons. The molecule has 0 fully saturated rings. The van der Waals surface area contributed by atoms with Gasteiger partial charge in [0.2, 0.25) is 0 Å². The average Bonchev–Trinajstić information content (AvgIpc) is 3.05. The molecule has 2 aromatic heterocycles. The van der Waals surface area contributed by atoms with Crippen molar-refractivity contribution in [2.24, 2.45) is 6.98 Å². The lowest BCUT2D eigenvalue weighted by molar-refractivity contribution is -0.384. The molecule has 0 radical (unpaired) electrons. The summed E-state index contributed by atoms with van der Waals surface area (Å²) in [5, 5.41) is 17.8. The van der Waals surface area contributed by atoms with E-state index in [9.17, 15) is 14.9 Å². The molecule has 0 aliphatic heterocycles. The van der Waals surface area contributed by atoms with Gasteiger partial charge >= 0.3 is 11.8 Å². The van der Waals surface area contributed by atoms with E-state index in [4.69, 9.17) is 8.85 Å². The number of nitrogens with one attached hydrogen (secondary N) is 1. The number of amides is 1. The molecule has 2 aromatic rings. The quantitative estimate of drug-likeness (QED) is 0.469. The van der Waals surface area contributed by atoms with E-state index < -0.39 is 35.3 Å². The van der Waals surface area contributed by atoms with Crippen LogP contribution in [-0.2, 0) is 11.7 Å². The van der Waals surface area contributed by atoms with Gasteiger partial charge in [-0.3, -0.25) is 19.8 Å². The summed E-state index contributed by atoms with van der Waals surface area (Å²) in [6, 6.07) is 2.51. The van der Waals surface area contributed by atoms with E-state index in [0.29, 0.717) is 16.7 Å². The second-order valence-corrected chi connectivity index (χ2v) is 6.74. The van der Waals surface area contributed by atoms with Crippen LogP contribution in [0.25, 0.3) is 11.4 Å². The summed E-state index contributed by atoms with van der Waals surface area (Å²) >= 11 is 0. The first-order chi connectivity index (χ1) is 13.8. The van der Waals surface area contributed by atoms with E-state index in [-0.39, 0.29) is 11.4 Å². The molecular weight excluding hydrogens is 350 g/mol. The Morgan fingerprint density at radius 3 is 2.93 bits per heavy atom. The number of alkyl carbamates (subject to hydrolysis) is 1. The molecule has 1 amide bonds. The lowest BCUT2D eigenvalue weighted by atomic mass is 10.0. The molecule has 2 rings (SSSR count). The van der Waals surface area contributed by atoms with Crippen LogP contribution in [0.4, 0.5) is 10.5 Å². The Morgan fingerprint density at radius 2 is 2.33 bits per heavy atom. The van der Waals surface area contributed by atoms with Crippen LogP contribution < -0.4 is 5.32 Å².